The van der Waals surface area contributed by atoms with Crippen LogP contribution >= 0.6 is 0 Å². The lowest BCUT2D eigenvalue weighted by Gasteiger charge is -2.14. The van der Waals surface area contributed by atoms with E-state index in [1.807, 2.05) is 19.1 Å². The van der Waals surface area contributed by atoms with E-state index in [0.717, 1.165) is 5.56 Å². The highest BCUT2D eigenvalue weighted by atomic mass is 16.1. The van der Waals surface area contributed by atoms with Gasteiger partial charge in [0.25, 0.3) is 0 Å². The van der Waals surface area contributed by atoms with E-state index in [4.69, 9.17) is 5.73 Å². The lowest BCUT2D eigenvalue weighted by atomic mass is 9.93. The van der Waals surface area contributed by atoms with E-state index in [2.05, 4.69) is 5.32 Å². The number of rotatable bonds is 5. The van der Waals surface area contributed by atoms with Crippen LogP contribution in [0.1, 0.15) is 31.7 Å². The van der Waals surface area contributed by atoms with Crippen LogP contribution in [0, 0.1) is 0 Å². The SMILES string of the molecule is CCC(=O)C(CN)c1cccc(NC(C)=O)c1. The number of amides is 1. The molecule has 1 rings (SSSR count). The molecule has 0 fully saturated rings. The molecule has 0 aliphatic rings. The molecule has 1 amide bonds. The molecular formula is C13H18N2O2. The molecule has 0 aliphatic carbocycles. The largest absolute Gasteiger partial charge is 0.329 e. The molecule has 4 heteroatoms. The number of carbonyl (C=O) groups excluding carboxylic acids is 2. The van der Waals surface area contributed by atoms with Crippen molar-refractivity contribution in [2.45, 2.75) is 26.2 Å². The second-order valence-corrected chi connectivity index (χ2v) is 3.91. The quantitative estimate of drug-likeness (QED) is 0.814. The monoisotopic (exact) mass is 234 g/mol. The van der Waals surface area contributed by atoms with Gasteiger partial charge >= 0.3 is 0 Å². The Hall–Kier alpha value is -1.68. The van der Waals surface area contributed by atoms with Gasteiger partial charge in [0.15, 0.2) is 0 Å². The van der Waals surface area contributed by atoms with Crippen LogP contribution in [0.3, 0.4) is 0 Å². The van der Waals surface area contributed by atoms with Crippen molar-refractivity contribution in [2.75, 3.05) is 11.9 Å². The maximum absolute atomic E-state index is 11.7. The summed E-state index contributed by atoms with van der Waals surface area (Å²) in [7, 11) is 0. The molecule has 0 bridgehead atoms. The molecule has 3 N–H and O–H groups in total. The molecule has 1 atom stereocenters. The molecule has 0 radical (unpaired) electrons. The van der Waals surface area contributed by atoms with Crippen molar-refractivity contribution in [3.05, 3.63) is 29.8 Å². The Morgan fingerprint density at radius 1 is 1.41 bits per heavy atom. The van der Waals surface area contributed by atoms with Crippen LogP contribution in [-0.2, 0) is 9.59 Å². The predicted molar refractivity (Wildman–Crippen MR) is 67.8 cm³/mol. The van der Waals surface area contributed by atoms with Gasteiger partial charge in [-0.3, -0.25) is 9.59 Å². The normalized spacial score (nSPS) is 11.9. The molecule has 0 spiro atoms. The highest BCUT2D eigenvalue weighted by Crippen LogP contribution is 2.20. The molecule has 92 valence electrons. The van der Waals surface area contributed by atoms with Gasteiger partial charge in [0, 0.05) is 25.6 Å². The van der Waals surface area contributed by atoms with Gasteiger partial charge in [0.05, 0.1) is 5.92 Å². The molecule has 1 aromatic carbocycles. The zero-order valence-corrected chi connectivity index (χ0v) is 10.2. The number of nitrogens with one attached hydrogen (secondary N) is 1. The van der Waals surface area contributed by atoms with E-state index in [-0.39, 0.29) is 24.2 Å². The van der Waals surface area contributed by atoms with E-state index >= 15 is 0 Å². The Labute approximate surface area is 101 Å². The predicted octanol–water partition coefficient (Wildman–Crippen LogP) is 1.67. The van der Waals surface area contributed by atoms with Crippen LogP contribution in [0.4, 0.5) is 5.69 Å². The average Bonchev–Trinajstić information content (AvgIpc) is 2.29. The number of hydrogen-bond donors (Lipinski definition) is 2. The minimum atomic E-state index is -0.284. The topological polar surface area (TPSA) is 72.2 Å². The highest BCUT2D eigenvalue weighted by Gasteiger charge is 2.17. The molecule has 17 heavy (non-hydrogen) atoms. The standard InChI is InChI=1S/C13H18N2O2/c1-3-13(17)12(8-14)10-5-4-6-11(7-10)15-9(2)16/h4-7,12H,3,8,14H2,1-2H3,(H,15,16). The van der Waals surface area contributed by atoms with Crippen molar-refractivity contribution in [3.63, 3.8) is 0 Å². The molecular weight excluding hydrogens is 216 g/mol. The summed E-state index contributed by atoms with van der Waals surface area (Å²) < 4.78 is 0. The molecule has 0 heterocycles. The van der Waals surface area contributed by atoms with E-state index in [1.54, 1.807) is 12.1 Å². The van der Waals surface area contributed by atoms with Crippen molar-refractivity contribution in [1.29, 1.82) is 0 Å². The Morgan fingerprint density at radius 3 is 2.65 bits per heavy atom. The van der Waals surface area contributed by atoms with Crippen LogP contribution in [0.15, 0.2) is 24.3 Å². The summed E-state index contributed by atoms with van der Waals surface area (Å²) in [5.74, 6) is -0.297. The first-order chi connectivity index (χ1) is 8.08. The lowest BCUT2D eigenvalue weighted by Crippen LogP contribution is -2.21. The Morgan fingerprint density at radius 2 is 2.12 bits per heavy atom. The maximum Gasteiger partial charge on any atom is 0.221 e. The highest BCUT2D eigenvalue weighted by molar-refractivity contribution is 5.89. The Kier molecular flexibility index (Phi) is 4.84. The number of Topliss-reactive ketones (excluding diaryl/α,β-unsaturated/α-hetero) is 1. The zero-order chi connectivity index (χ0) is 12.8. The molecule has 0 aromatic heterocycles. The maximum atomic E-state index is 11.7. The summed E-state index contributed by atoms with van der Waals surface area (Å²) in [6, 6.07) is 7.25. The third kappa shape index (κ3) is 3.67. The fourth-order valence-electron chi connectivity index (χ4n) is 1.74. The zero-order valence-electron chi connectivity index (χ0n) is 10.2. The first kappa shape index (κ1) is 13.4. The van der Waals surface area contributed by atoms with Crippen LogP contribution in [0.25, 0.3) is 0 Å². The summed E-state index contributed by atoms with van der Waals surface area (Å²) in [5.41, 5.74) is 7.17. The van der Waals surface area contributed by atoms with Gasteiger partial charge in [-0.1, -0.05) is 19.1 Å². The third-order valence-electron chi connectivity index (χ3n) is 2.58. The van der Waals surface area contributed by atoms with Crippen molar-refractivity contribution in [2.24, 2.45) is 5.73 Å². The fraction of sp³-hybridized carbons (Fsp3) is 0.385. The third-order valence-corrected chi connectivity index (χ3v) is 2.58. The summed E-state index contributed by atoms with van der Waals surface area (Å²) in [5, 5.41) is 2.69. The van der Waals surface area contributed by atoms with Gasteiger partial charge in [-0.15, -0.1) is 0 Å². The van der Waals surface area contributed by atoms with Gasteiger partial charge in [-0.25, -0.2) is 0 Å². The second-order valence-electron chi connectivity index (χ2n) is 3.91. The minimum Gasteiger partial charge on any atom is -0.329 e. The molecule has 1 aromatic rings. The number of anilines is 1. The summed E-state index contributed by atoms with van der Waals surface area (Å²) >= 11 is 0. The molecule has 0 aliphatic heterocycles. The Bertz CT molecular complexity index is 416. The average molecular weight is 234 g/mol. The Balaban J connectivity index is 2.96. The number of carbonyl (C=O) groups is 2. The molecule has 4 nitrogen and oxygen atoms in total. The fourth-order valence-corrected chi connectivity index (χ4v) is 1.74. The summed E-state index contributed by atoms with van der Waals surface area (Å²) in [4.78, 5) is 22.7. The van der Waals surface area contributed by atoms with Crippen molar-refractivity contribution >= 4 is 17.4 Å². The van der Waals surface area contributed by atoms with Crippen molar-refractivity contribution in [3.8, 4) is 0 Å². The van der Waals surface area contributed by atoms with E-state index < -0.39 is 0 Å². The number of nitrogens with two attached hydrogens (primary N) is 1. The van der Waals surface area contributed by atoms with Gasteiger partial charge < -0.3 is 11.1 Å². The van der Waals surface area contributed by atoms with Crippen LogP contribution < -0.4 is 11.1 Å². The molecule has 0 saturated carbocycles. The first-order valence-electron chi connectivity index (χ1n) is 5.68. The van der Waals surface area contributed by atoms with E-state index in [0.29, 0.717) is 12.1 Å². The number of benzene rings is 1. The molecule has 0 saturated heterocycles. The van der Waals surface area contributed by atoms with Gasteiger partial charge in [0.2, 0.25) is 5.91 Å². The molecule has 1 unspecified atom stereocenters. The van der Waals surface area contributed by atoms with E-state index in [1.165, 1.54) is 6.92 Å². The van der Waals surface area contributed by atoms with E-state index in [9.17, 15) is 9.59 Å². The van der Waals surface area contributed by atoms with Gasteiger partial charge in [-0.05, 0) is 17.7 Å². The number of ketones is 1. The van der Waals surface area contributed by atoms with Crippen molar-refractivity contribution in [1.82, 2.24) is 0 Å². The van der Waals surface area contributed by atoms with Crippen molar-refractivity contribution < 1.29 is 9.59 Å². The summed E-state index contributed by atoms with van der Waals surface area (Å²) in [6.45, 7) is 3.56. The van der Waals surface area contributed by atoms with Crippen LogP contribution in [0.5, 0.6) is 0 Å². The first-order valence-corrected chi connectivity index (χ1v) is 5.68. The van der Waals surface area contributed by atoms with Crippen LogP contribution in [0.2, 0.25) is 0 Å². The smallest absolute Gasteiger partial charge is 0.221 e. The number of hydrogen-bond acceptors (Lipinski definition) is 3. The summed E-state index contributed by atoms with van der Waals surface area (Å²) in [6.07, 6.45) is 0.465. The van der Waals surface area contributed by atoms with Gasteiger partial charge in [-0.2, -0.15) is 0 Å². The second kappa shape index (κ2) is 6.15. The van der Waals surface area contributed by atoms with Gasteiger partial charge in [0.1, 0.15) is 5.78 Å². The minimum absolute atomic E-state index is 0.118. The van der Waals surface area contributed by atoms with Crippen LogP contribution in [-0.4, -0.2) is 18.2 Å². The lowest BCUT2D eigenvalue weighted by molar-refractivity contribution is -0.120.